The summed E-state index contributed by atoms with van der Waals surface area (Å²) in [5.74, 6) is 5.19. The van der Waals surface area contributed by atoms with Gasteiger partial charge in [0.2, 0.25) is 0 Å². The second-order valence-corrected chi connectivity index (χ2v) is 1.13. The summed E-state index contributed by atoms with van der Waals surface area (Å²) in [6, 6.07) is 3.75. The minimum Gasteiger partial charge on any atom is -0.340 e. The molecule has 7 heavy (non-hydrogen) atoms. The van der Waals surface area contributed by atoms with Crippen LogP contribution in [0.4, 0.5) is 0 Å². The lowest BCUT2D eigenvalue weighted by atomic mass is 10.7. The Bertz CT molecular complexity index is 113. The Morgan fingerprint density at radius 2 is 1.57 bits per heavy atom. The smallest absolute Gasteiger partial charge is 0.0256 e. The summed E-state index contributed by atoms with van der Waals surface area (Å²) in [6.45, 7) is 0. The fourth-order valence-electron chi connectivity index (χ4n) is 0.348. The molecular weight excluding hydrogens is 112 g/mol. The van der Waals surface area contributed by atoms with Gasteiger partial charge < -0.3 is 5.84 Å². The van der Waals surface area contributed by atoms with Crippen molar-refractivity contribution >= 4 is 12.4 Å². The molecule has 0 radical (unpaired) electrons. The summed E-state index contributed by atoms with van der Waals surface area (Å²) in [7, 11) is 0. The highest BCUT2D eigenvalue weighted by molar-refractivity contribution is 5.85. The van der Waals surface area contributed by atoms with Crippen LogP contribution in [0.25, 0.3) is 0 Å². The lowest BCUT2D eigenvalue weighted by Crippen LogP contribution is -2.02. The third-order valence-corrected chi connectivity index (χ3v) is 0.628. The van der Waals surface area contributed by atoms with Crippen molar-refractivity contribution in [1.29, 1.82) is 0 Å². The maximum atomic E-state index is 5.19. The van der Waals surface area contributed by atoms with Crippen LogP contribution in [0.1, 0.15) is 0 Å². The number of rotatable bonds is 0. The van der Waals surface area contributed by atoms with Gasteiger partial charge in [-0.3, -0.25) is 4.68 Å². The number of hydrogen-bond acceptors (Lipinski definition) is 1. The zero-order valence-corrected chi connectivity index (χ0v) is 4.56. The summed E-state index contributed by atoms with van der Waals surface area (Å²) in [5, 5.41) is 0. The Morgan fingerprint density at radius 1 is 1.14 bits per heavy atom. The molecule has 0 aliphatic heterocycles. The van der Waals surface area contributed by atoms with Crippen molar-refractivity contribution in [2.75, 3.05) is 5.84 Å². The van der Waals surface area contributed by atoms with E-state index in [4.69, 9.17) is 5.84 Å². The first kappa shape index (κ1) is 6.37. The SMILES string of the molecule is Cl.Nn1cccc1. The van der Waals surface area contributed by atoms with Gasteiger partial charge in [-0.1, -0.05) is 0 Å². The maximum Gasteiger partial charge on any atom is 0.0256 e. The van der Waals surface area contributed by atoms with E-state index in [0.717, 1.165) is 0 Å². The van der Waals surface area contributed by atoms with Gasteiger partial charge in [0.15, 0.2) is 0 Å². The molecule has 0 unspecified atom stereocenters. The topological polar surface area (TPSA) is 30.9 Å². The lowest BCUT2D eigenvalue weighted by molar-refractivity contribution is 1.02. The summed E-state index contributed by atoms with van der Waals surface area (Å²) in [6.07, 6.45) is 3.56. The molecule has 0 saturated carbocycles. The fraction of sp³-hybridized carbons (Fsp3) is 0. The number of halogens is 1. The van der Waals surface area contributed by atoms with Crippen molar-refractivity contribution in [2.24, 2.45) is 0 Å². The molecule has 2 nitrogen and oxygen atoms in total. The fourth-order valence-corrected chi connectivity index (χ4v) is 0.348. The normalized spacial score (nSPS) is 7.43. The molecule has 0 aromatic carbocycles. The van der Waals surface area contributed by atoms with Gasteiger partial charge in [0.25, 0.3) is 0 Å². The molecule has 0 bridgehead atoms. The number of nitrogen functional groups attached to an aromatic ring is 1. The van der Waals surface area contributed by atoms with Crippen LogP contribution in [0.3, 0.4) is 0 Å². The Kier molecular flexibility index (Phi) is 2.30. The minimum atomic E-state index is 0. The van der Waals surface area contributed by atoms with Gasteiger partial charge in [-0.2, -0.15) is 0 Å². The average molecular weight is 119 g/mol. The van der Waals surface area contributed by atoms with E-state index in [1.54, 1.807) is 12.4 Å². The molecule has 0 aliphatic carbocycles. The number of nitrogens with zero attached hydrogens (tertiary/aromatic N) is 1. The van der Waals surface area contributed by atoms with Crippen molar-refractivity contribution in [2.45, 2.75) is 0 Å². The molecule has 3 heteroatoms. The van der Waals surface area contributed by atoms with Gasteiger partial charge in [-0.05, 0) is 12.1 Å². The highest BCUT2D eigenvalue weighted by Gasteiger charge is 1.68. The molecule has 1 heterocycles. The Balaban J connectivity index is 0.000000360. The van der Waals surface area contributed by atoms with Gasteiger partial charge in [-0.25, -0.2) is 0 Å². The van der Waals surface area contributed by atoms with E-state index in [2.05, 4.69) is 0 Å². The highest BCUT2D eigenvalue weighted by atomic mass is 35.5. The standard InChI is InChI=1S/C4H6N2.ClH/c5-6-3-1-2-4-6;/h1-4H,5H2;1H. The highest BCUT2D eigenvalue weighted by Crippen LogP contribution is 1.77. The van der Waals surface area contributed by atoms with E-state index in [0.29, 0.717) is 0 Å². The van der Waals surface area contributed by atoms with Crippen molar-refractivity contribution in [3.8, 4) is 0 Å². The first-order chi connectivity index (χ1) is 2.89. The van der Waals surface area contributed by atoms with Crippen LogP contribution in [-0.4, -0.2) is 4.68 Å². The van der Waals surface area contributed by atoms with E-state index in [1.165, 1.54) is 4.68 Å². The number of nitrogens with two attached hydrogens (primary N) is 1. The summed E-state index contributed by atoms with van der Waals surface area (Å²) in [4.78, 5) is 0. The Hall–Kier alpha value is -0.630. The molecular formula is C4H7ClN2. The van der Waals surface area contributed by atoms with Crippen LogP contribution >= 0.6 is 12.4 Å². The second kappa shape index (κ2) is 2.53. The van der Waals surface area contributed by atoms with Crippen LogP contribution in [0.2, 0.25) is 0 Å². The minimum absolute atomic E-state index is 0. The van der Waals surface area contributed by atoms with E-state index in [9.17, 15) is 0 Å². The van der Waals surface area contributed by atoms with E-state index < -0.39 is 0 Å². The van der Waals surface area contributed by atoms with Crippen LogP contribution in [0.5, 0.6) is 0 Å². The first-order valence-corrected chi connectivity index (χ1v) is 1.77. The van der Waals surface area contributed by atoms with Crippen molar-refractivity contribution in [3.63, 3.8) is 0 Å². The maximum absolute atomic E-state index is 5.19. The predicted octanol–water partition coefficient (Wildman–Crippen LogP) is 0.624. The van der Waals surface area contributed by atoms with Crippen LogP contribution in [0.15, 0.2) is 24.5 Å². The molecule has 1 rings (SSSR count). The molecule has 0 spiro atoms. The van der Waals surface area contributed by atoms with Crippen molar-refractivity contribution in [1.82, 2.24) is 4.68 Å². The van der Waals surface area contributed by atoms with Gasteiger partial charge in [0, 0.05) is 12.4 Å². The van der Waals surface area contributed by atoms with Crippen LogP contribution in [-0.2, 0) is 0 Å². The number of aromatic nitrogens is 1. The Labute approximate surface area is 48.3 Å². The third kappa shape index (κ3) is 1.50. The monoisotopic (exact) mass is 118 g/mol. The van der Waals surface area contributed by atoms with E-state index in [-0.39, 0.29) is 12.4 Å². The molecule has 0 saturated heterocycles. The molecule has 0 fully saturated rings. The van der Waals surface area contributed by atoms with Gasteiger partial charge >= 0.3 is 0 Å². The third-order valence-electron chi connectivity index (χ3n) is 0.628. The van der Waals surface area contributed by atoms with Crippen molar-refractivity contribution < 1.29 is 0 Å². The predicted molar refractivity (Wildman–Crippen MR) is 31.8 cm³/mol. The van der Waals surface area contributed by atoms with E-state index in [1.807, 2.05) is 12.1 Å². The second-order valence-electron chi connectivity index (χ2n) is 1.13. The summed E-state index contributed by atoms with van der Waals surface area (Å²) >= 11 is 0. The molecule has 1 aromatic heterocycles. The molecule has 0 amide bonds. The van der Waals surface area contributed by atoms with Gasteiger partial charge in [-0.15, -0.1) is 12.4 Å². The quantitative estimate of drug-likeness (QED) is 0.498. The first-order valence-electron chi connectivity index (χ1n) is 1.77. The molecule has 2 N–H and O–H groups in total. The lowest BCUT2D eigenvalue weighted by Gasteiger charge is -1.81. The Morgan fingerprint density at radius 3 is 1.71 bits per heavy atom. The molecule has 1 aromatic rings. The largest absolute Gasteiger partial charge is 0.340 e. The molecule has 0 aliphatic rings. The summed E-state index contributed by atoms with van der Waals surface area (Å²) < 4.78 is 1.50. The molecule has 0 atom stereocenters. The van der Waals surface area contributed by atoms with E-state index >= 15 is 0 Å². The molecule has 40 valence electrons. The average Bonchev–Trinajstić information content (AvgIpc) is 1.86. The zero-order chi connectivity index (χ0) is 4.41. The van der Waals surface area contributed by atoms with Crippen LogP contribution in [0, 0.1) is 0 Å². The number of hydrogen-bond donors (Lipinski definition) is 1. The van der Waals surface area contributed by atoms with Gasteiger partial charge in [0.05, 0.1) is 0 Å². The van der Waals surface area contributed by atoms with Crippen LogP contribution < -0.4 is 5.84 Å². The van der Waals surface area contributed by atoms with Gasteiger partial charge in [0.1, 0.15) is 0 Å². The van der Waals surface area contributed by atoms with Crippen molar-refractivity contribution in [3.05, 3.63) is 24.5 Å². The zero-order valence-electron chi connectivity index (χ0n) is 3.74. The summed E-state index contributed by atoms with van der Waals surface area (Å²) in [5.41, 5.74) is 0.